The Hall–Kier alpha value is -1.02. The predicted octanol–water partition coefficient (Wildman–Crippen LogP) is 3.13. The number of ether oxygens (including phenoxy) is 1. The van der Waals surface area contributed by atoms with Gasteiger partial charge in [0.25, 0.3) is 0 Å². The summed E-state index contributed by atoms with van der Waals surface area (Å²) < 4.78 is 5.18. The Bertz CT molecular complexity index is 386. The second-order valence-corrected chi connectivity index (χ2v) is 5.64. The van der Waals surface area contributed by atoms with Crippen molar-refractivity contribution < 1.29 is 4.74 Å². The lowest BCUT2D eigenvalue weighted by molar-refractivity contribution is 0.284. The van der Waals surface area contributed by atoms with Gasteiger partial charge in [0.2, 0.25) is 0 Å². The van der Waals surface area contributed by atoms with Crippen LogP contribution >= 0.6 is 0 Å². The molecule has 0 saturated heterocycles. The first-order valence-electron chi connectivity index (χ1n) is 6.67. The Balaban J connectivity index is 1.74. The minimum Gasteiger partial charge on any atom is -0.497 e. The molecule has 0 spiro atoms. The summed E-state index contributed by atoms with van der Waals surface area (Å²) in [5, 5.41) is 0. The van der Waals surface area contributed by atoms with Crippen LogP contribution in [0.5, 0.6) is 5.75 Å². The number of fused-ring (bicyclic) bond motifs is 2. The average Bonchev–Trinajstić information content (AvgIpc) is 3.00. The summed E-state index contributed by atoms with van der Waals surface area (Å²) in [7, 11) is 1.70. The third-order valence-electron chi connectivity index (χ3n) is 4.75. The van der Waals surface area contributed by atoms with Crippen molar-refractivity contribution in [3.63, 3.8) is 0 Å². The molecule has 4 atom stereocenters. The van der Waals surface area contributed by atoms with Crippen LogP contribution in [0.4, 0.5) is 0 Å². The van der Waals surface area contributed by atoms with E-state index in [0.29, 0.717) is 5.92 Å². The number of benzene rings is 1. The fraction of sp³-hybridized carbons (Fsp3) is 0.600. The van der Waals surface area contributed by atoms with Gasteiger partial charge in [-0.15, -0.1) is 0 Å². The van der Waals surface area contributed by atoms with E-state index in [1.807, 2.05) is 12.1 Å². The van der Waals surface area contributed by atoms with Crippen LogP contribution in [0, 0.1) is 17.8 Å². The van der Waals surface area contributed by atoms with Crippen molar-refractivity contribution in [2.24, 2.45) is 23.5 Å². The quantitative estimate of drug-likeness (QED) is 0.867. The fourth-order valence-electron chi connectivity index (χ4n) is 3.81. The summed E-state index contributed by atoms with van der Waals surface area (Å²) in [5.41, 5.74) is 7.70. The van der Waals surface area contributed by atoms with Crippen LogP contribution in [-0.2, 0) is 0 Å². The molecule has 2 N–H and O–H groups in total. The van der Waals surface area contributed by atoms with E-state index in [1.54, 1.807) is 7.11 Å². The maximum absolute atomic E-state index is 6.44. The topological polar surface area (TPSA) is 35.2 Å². The second kappa shape index (κ2) is 4.34. The van der Waals surface area contributed by atoms with Crippen LogP contribution in [0.15, 0.2) is 24.3 Å². The summed E-state index contributed by atoms with van der Waals surface area (Å²) in [4.78, 5) is 0. The van der Waals surface area contributed by atoms with Gasteiger partial charge in [0.05, 0.1) is 7.11 Å². The van der Waals surface area contributed by atoms with E-state index < -0.39 is 0 Å². The highest BCUT2D eigenvalue weighted by atomic mass is 16.5. The molecule has 2 heteroatoms. The highest BCUT2D eigenvalue weighted by Crippen LogP contribution is 2.51. The smallest absolute Gasteiger partial charge is 0.118 e. The molecule has 3 rings (SSSR count). The van der Waals surface area contributed by atoms with E-state index >= 15 is 0 Å². The molecular weight excluding hydrogens is 210 g/mol. The molecule has 0 aromatic heterocycles. The lowest BCUT2D eigenvalue weighted by Gasteiger charge is -2.28. The molecule has 17 heavy (non-hydrogen) atoms. The fourth-order valence-corrected chi connectivity index (χ4v) is 3.81. The molecule has 2 nitrogen and oxygen atoms in total. The van der Waals surface area contributed by atoms with E-state index in [1.165, 1.54) is 31.2 Å². The minimum absolute atomic E-state index is 0.219. The zero-order valence-corrected chi connectivity index (χ0v) is 10.4. The maximum Gasteiger partial charge on any atom is 0.118 e. The van der Waals surface area contributed by atoms with Crippen molar-refractivity contribution in [3.8, 4) is 5.75 Å². The van der Waals surface area contributed by atoms with E-state index in [2.05, 4.69) is 12.1 Å². The molecule has 4 unspecified atom stereocenters. The van der Waals surface area contributed by atoms with E-state index in [9.17, 15) is 0 Å². The molecule has 2 aliphatic carbocycles. The number of nitrogens with two attached hydrogens (primary N) is 1. The third-order valence-corrected chi connectivity index (χ3v) is 4.75. The molecule has 0 amide bonds. The molecule has 0 radical (unpaired) electrons. The number of rotatable bonds is 3. The SMILES string of the molecule is COc1ccc(C(N)C2CC3CCC2C3)cc1. The van der Waals surface area contributed by atoms with E-state index in [4.69, 9.17) is 10.5 Å². The number of hydrogen-bond donors (Lipinski definition) is 1. The Morgan fingerprint density at radius 2 is 1.94 bits per heavy atom. The van der Waals surface area contributed by atoms with Gasteiger partial charge in [0.15, 0.2) is 0 Å². The van der Waals surface area contributed by atoms with Crippen LogP contribution in [0.3, 0.4) is 0 Å². The van der Waals surface area contributed by atoms with Crippen molar-refractivity contribution in [1.82, 2.24) is 0 Å². The standard InChI is InChI=1S/C15H21NO/c1-17-13-6-4-11(5-7-13)15(16)14-9-10-2-3-12(14)8-10/h4-7,10,12,14-15H,2-3,8-9,16H2,1H3. The molecular formula is C15H21NO. The van der Waals surface area contributed by atoms with Crippen LogP contribution in [0.1, 0.15) is 37.3 Å². The van der Waals surface area contributed by atoms with Crippen molar-refractivity contribution in [3.05, 3.63) is 29.8 Å². The summed E-state index contributed by atoms with van der Waals surface area (Å²) in [6.45, 7) is 0. The number of methoxy groups -OCH3 is 1. The Morgan fingerprint density at radius 3 is 2.47 bits per heavy atom. The first-order chi connectivity index (χ1) is 8.28. The average molecular weight is 231 g/mol. The molecule has 2 saturated carbocycles. The first kappa shape index (κ1) is 11.1. The molecule has 1 aromatic carbocycles. The molecule has 0 heterocycles. The van der Waals surface area contributed by atoms with Gasteiger partial charge in [-0.2, -0.15) is 0 Å². The van der Waals surface area contributed by atoms with Crippen molar-refractivity contribution in [2.75, 3.05) is 7.11 Å². The normalized spacial score (nSPS) is 32.7. The van der Waals surface area contributed by atoms with Crippen LogP contribution in [0.25, 0.3) is 0 Å². The highest BCUT2D eigenvalue weighted by Gasteiger charge is 2.42. The summed E-state index contributed by atoms with van der Waals surface area (Å²) in [5.74, 6) is 3.47. The van der Waals surface area contributed by atoms with Gasteiger partial charge >= 0.3 is 0 Å². The van der Waals surface area contributed by atoms with Crippen molar-refractivity contribution in [1.29, 1.82) is 0 Å². The molecule has 2 bridgehead atoms. The third kappa shape index (κ3) is 1.95. The molecule has 2 aliphatic rings. The Labute approximate surface area is 103 Å². The first-order valence-corrected chi connectivity index (χ1v) is 6.67. The minimum atomic E-state index is 0.219. The van der Waals surface area contributed by atoms with Crippen LogP contribution < -0.4 is 10.5 Å². The zero-order valence-electron chi connectivity index (χ0n) is 10.4. The van der Waals surface area contributed by atoms with E-state index in [0.717, 1.165) is 17.6 Å². The van der Waals surface area contributed by atoms with Gasteiger partial charge in [0, 0.05) is 6.04 Å². The van der Waals surface area contributed by atoms with Crippen molar-refractivity contribution >= 4 is 0 Å². The number of hydrogen-bond acceptors (Lipinski definition) is 2. The Kier molecular flexibility index (Phi) is 2.83. The summed E-state index contributed by atoms with van der Waals surface area (Å²) in [6.07, 6.45) is 5.61. The lowest BCUT2D eigenvalue weighted by Crippen LogP contribution is -2.25. The summed E-state index contributed by atoms with van der Waals surface area (Å²) >= 11 is 0. The molecule has 2 fully saturated rings. The van der Waals surface area contributed by atoms with Gasteiger partial charge in [-0.25, -0.2) is 0 Å². The van der Waals surface area contributed by atoms with Crippen molar-refractivity contribution in [2.45, 2.75) is 31.7 Å². The largest absolute Gasteiger partial charge is 0.497 e. The van der Waals surface area contributed by atoms with E-state index in [-0.39, 0.29) is 6.04 Å². The molecule has 0 aliphatic heterocycles. The van der Waals surface area contributed by atoms with Crippen LogP contribution in [0.2, 0.25) is 0 Å². The predicted molar refractivity (Wildman–Crippen MR) is 68.9 cm³/mol. The monoisotopic (exact) mass is 231 g/mol. The van der Waals surface area contributed by atoms with Gasteiger partial charge in [-0.1, -0.05) is 18.6 Å². The van der Waals surface area contributed by atoms with Gasteiger partial charge in [-0.05, 0) is 54.7 Å². The molecule has 1 aromatic rings. The Morgan fingerprint density at radius 1 is 1.18 bits per heavy atom. The zero-order chi connectivity index (χ0) is 11.8. The van der Waals surface area contributed by atoms with Crippen LogP contribution in [-0.4, -0.2) is 7.11 Å². The second-order valence-electron chi connectivity index (χ2n) is 5.64. The highest BCUT2D eigenvalue weighted by molar-refractivity contribution is 5.29. The van der Waals surface area contributed by atoms with Gasteiger partial charge < -0.3 is 10.5 Å². The molecule has 92 valence electrons. The summed E-state index contributed by atoms with van der Waals surface area (Å²) in [6, 6.07) is 8.49. The van der Waals surface area contributed by atoms with Gasteiger partial charge in [-0.3, -0.25) is 0 Å². The maximum atomic E-state index is 6.44. The lowest BCUT2D eigenvalue weighted by atomic mass is 9.81. The van der Waals surface area contributed by atoms with Gasteiger partial charge in [0.1, 0.15) is 5.75 Å².